The SMILES string of the molecule is COc1ccc(NC(=O)c2cnn(-c3cccc(F)c3)c2C2CCN(C(=O)OC(C)(C)C)CC2)cc1Cl. The molecule has 0 saturated carbocycles. The number of nitrogens with zero attached hydrogens (tertiary/aromatic N) is 3. The number of hydrogen-bond donors (Lipinski definition) is 1. The summed E-state index contributed by atoms with van der Waals surface area (Å²) in [4.78, 5) is 27.6. The quantitative estimate of drug-likeness (QED) is 0.436. The molecule has 0 spiro atoms. The number of rotatable bonds is 5. The van der Waals surface area contributed by atoms with Gasteiger partial charge in [0.05, 0.1) is 35.3 Å². The van der Waals surface area contributed by atoms with Crippen LogP contribution in [0.2, 0.25) is 5.02 Å². The maximum absolute atomic E-state index is 14.1. The third-order valence-corrected chi connectivity index (χ3v) is 6.34. The van der Waals surface area contributed by atoms with E-state index in [9.17, 15) is 14.0 Å². The Bertz CT molecular complexity index is 1300. The minimum Gasteiger partial charge on any atom is -0.495 e. The molecular weight excluding hydrogens is 499 g/mol. The van der Waals surface area contributed by atoms with E-state index in [1.807, 2.05) is 20.8 Å². The van der Waals surface area contributed by atoms with Crippen LogP contribution in [-0.2, 0) is 4.74 Å². The molecule has 196 valence electrons. The highest BCUT2D eigenvalue weighted by molar-refractivity contribution is 6.32. The summed E-state index contributed by atoms with van der Waals surface area (Å²) in [5.41, 5.74) is 1.45. The number of likely N-dealkylation sites (tertiary alicyclic amines) is 1. The maximum Gasteiger partial charge on any atom is 0.410 e. The zero-order valence-electron chi connectivity index (χ0n) is 21.3. The van der Waals surface area contributed by atoms with Crippen LogP contribution in [-0.4, -0.2) is 52.5 Å². The lowest BCUT2D eigenvalue weighted by Crippen LogP contribution is -2.41. The van der Waals surface area contributed by atoms with E-state index in [4.69, 9.17) is 21.1 Å². The fourth-order valence-electron chi connectivity index (χ4n) is 4.34. The van der Waals surface area contributed by atoms with Crippen LogP contribution < -0.4 is 10.1 Å². The third kappa shape index (κ3) is 6.22. The van der Waals surface area contributed by atoms with Gasteiger partial charge in [0.25, 0.3) is 5.91 Å². The number of carbonyl (C=O) groups is 2. The molecule has 2 aromatic carbocycles. The first-order valence-electron chi connectivity index (χ1n) is 12.0. The van der Waals surface area contributed by atoms with Crippen LogP contribution in [0.25, 0.3) is 5.69 Å². The highest BCUT2D eigenvalue weighted by Crippen LogP contribution is 2.34. The van der Waals surface area contributed by atoms with Crippen LogP contribution in [0, 0.1) is 5.82 Å². The van der Waals surface area contributed by atoms with Crippen molar-refractivity contribution in [3.05, 3.63) is 70.8 Å². The van der Waals surface area contributed by atoms with Crippen molar-refractivity contribution in [1.82, 2.24) is 14.7 Å². The topological polar surface area (TPSA) is 85.7 Å². The highest BCUT2D eigenvalue weighted by Gasteiger charge is 2.32. The van der Waals surface area contributed by atoms with Crippen LogP contribution in [0.5, 0.6) is 5.75 Å². The first-order valence-corrected chi connectivity index (χ1v) is 12.4. The summed E-state index contributed by atoms with van der Waals surface area (Å²) in [5.74, 6) is -0.369. The number of hydrogen-bond acceptors (Lipinski definition) is 5. The second kappa shape index (κ2) is 10.8. The first kappa shape index (κ1) is 26.5. The molecule has 1 aromatic heterocycles. The lowest BCUT2D eigenvalue weighted by atomic mass is 9.90. The van der Waals surface area contributed by atoms with Gasteiger partial charge in [-0.2, -0.15) is 5.10 Å². The second-order valence-electron chi connectivity index (χ2n) is 9.88. The van der Waals surface area contributed by atoms with Crippen molar-refractivity contribution >= 4 is 29.3 Å². The van der Waals surface area contributed by atoms with Crippen LogP contribution >= 0.6 is 11.6 Å². The summed E-state index contributed by atoms with van der Waals surface area (Å²) in [6, 6.07) is 11.0. The Kier molecular flexibility index (Phi) is 7.73. The number of aromatic nitrogens is 2. The molecule has 0 aliphatic carbocycles. The standard InChI is InChI=1S/C27H30ClFN4O4/c1-27(2,3)37-26(35)32-12-10-17(11-13-32)24-21(16-30-33(24)20-7-5-6-18(29)14-20)25(34)31-19-8-9-23(36-4)22(28)15-19/h5-9,14-17H,10-13H2,1-4H3,(H,31,34). The number of halogens is 2. The number of amides is 2. The summed E-state index contributed by atoms with van der Waals surface area (Å²) in [6.07, 6.45) is 2.31. The van der Waals surface area contributed by atoms with Crippen LogP contribution in [0.1, 0.15) is 55.6 Å². The van der Waals surface area contributed by atoms with Crippen molar-refractivity contribution < 1.29 is 23.5 Å². The molecule has 4 rings (SSSR count). The molecule has 3 aromatic rings. The summed E-state index contributed by atoms with van der Waals surface area (Å²) < 4.78 is 26.3. The fraction of sp³-hybridized carbons (Fsp3) is 0.370. The van der Waals surface area contributed by atoms with E-state index in [1.54, 1.807) is 39.9 Å². The van der Waals surface area contributed by atoms with Gasteiger partial charge in [0.1, 0.15) is 17.2 Å². The molecule has 0 radical (unpaired) electrons. The molecule has 1 aliphatic heterocycles. The summed E-state index contributed by atoms with van der Waals surface area (Å²) in [5, 5.41) is 7.68. The van der Waals surface area contributed by atoms with E-state index in [2.05, 4.69) is 10.4 Å². The van der Waals surface area contributed by atoms with Crippen molar-refractivity contribution in [2.45, 2.75) is 45.1 Å². The predicted molar refractivity (Wildman–Crippen MR) is 139 cm³/mol. The van der Waals surface area contributed by atoms with Gasteiger partial charge in [-0.05, 0) is 70.0 Å². The first-order chi connectivity index (χ1) is 17.6. The summed E-state index contributed by atoms with van der Waals surface area (Å²) in [6.45, 7) is 6.41. The summed E-state index contributed by atoms with van der Waals surface area (Å²) in [7, 11) is 1.51. The molecule has 0 atom stereocenters. The van der Waals surface area contributed by atoms with Gasteiger partial charge < -0.3 is 19.7 Å². The van der Waals surface area contributed by atoms with Crippen LogP contribution in [0.15, 0.2) is 48.7 Å². The van der Waals surface area contributed by atoms with Crippen molar-refractivity contribution in [3.63, 3.8) is 0 Å². The zero-order chi connectivity index (χ0) is 26.7. The Morgan fingerprint density at radius 1 is 1.14 bits per heavy atom. The van der Waals surface area contributed by atoms with E-state index in [-0.39, 0.29) is 17.9 Å². The minimum absolute atomic E-state index is 0.0929. The normalized spacial score (nSPS) is 14.4. The monoisotopic (exact) mass is 528 g/mol. The molecule has 2 heterocycles. The average Bonchev–Trinajstić information content (AvgIpc) is 3.29. The molecule has 1 aliphatic rings. The Morgan fingerprint density at radius 2 is 1.86 bits per heavy atom. The van der Waals surface area contributed by atoms with E-state index < -0.39 is 11.4 Å². The van der Waals surface area contributed by atoms with E-state index in [1.165, 1.54) is 25.4 Å². The lowest BCUT2D eigenvalue weighted by Gasteiger charge is -2.34. The van der Waals surface area contributed by atoms with Gasteiger partial charge in [0.15, 0.2) is 0 Å². The molecule has 37 heavy (non-hydrogen) atoms. The zero-order valence-corrected chi connectivity index (χ0v) is 22.0. The Labute approximate surface area is 220 Å². The Morgan fingerprint density at radius 3 is 2.49 bits per heavy atom. The van der Waals surface area contributed by atoms with Crippen molar-refractivity contribution in [1.29, 1.82) is 0 Å². The maximum atomic E-state index is 14.1. The van der Waals surface area contributed by atoms with Crippen LogP contribution in [0.4, 0.5) is 14.9 Å². The molecule has 8 nitrogen and oxygen atoms in total. The number of anilines is 1. The number of nitrogens with one attached hydrogen (secondary N) is 1. The Hall–Kier alpha value is -3.59. The Balaban J connectivity index is 1.62. The number of methoxy groups -OCH3 is 1. The smallest absolute Gasteiger partial charge is 0.410 e. The highest BCUT2D eigenvalue weighted by atomic mass is 35.5. The summed E-state index contributed by atoms with van der Waals surface area (Å²) >= 11 is 6.22. The van der Waals surface area contributed by atoms with Crippen molar-refractivity contribution in [2.24, 2.45) is 0 Å². The number of benzene rings is 2. The van der Waals surface area contributed by atoms with Gasteiger partial charge in [-0.15, -0.1) is 0 Å². The van der Waals surface area contributed by atoms with Gasteiger partial charge >= 0.3 is 6.09 Å². The number of piperidine rings is 1. The average molecular weight is 529 g/mol. The van der Waals surface area contributed by atoms with Gasteiger partial charge in [-0.1, -0.05) is 17.7 Å². The van der Waals surface area contributed by atoms with E-state index in [0.717, 1.165) is 0 Å². The second-order valence-corrected chi connectivity index (χ2v) is 10.3. The van der Waals surface area contributed by atoms with Crippen molar-refractivity contribution in [3.8, 4) is 11.4 Å². The van der Waals surface area contributed by atoms with Crippen molar-refractivity contribution in [2.75, 3.05) is 25.5 Å². The van der Waals surface area contributed by atoms with E-state index >= 15 is 0 Å². The number of carbonyl (C=O) groups excluding carboxylic acids is 2. The van der Waals surface area contributed by atoms with Crippen LogP contribution in [0.3, 0.4) is 0 Å². The molecule has 1 fully saturated rings. The molecule has 1 saturated heterocycles. The van der Waals surface area contributed by atoms with Gasteiger partial charge in [0, 0.05) is 24.7 Å². The van der Waals surface area contributed by atoms with Gasteiger partial charge in [-0.25, -0.2) is 13.9 Å². The molecule has 1 N–H and O–H groups in total. The minimum atomic E-state index is -0.584. The van der Waals surface area contributed by atoms with Gasteiger partial charge in [-0.3, -0.25) is 4.79 Å². The molecule has 10 heteroatoms. The molecule has 0 bridgehead atoms. The molecule has 2 amide bonds. The third-order valence-electron chi connectivity index (χ3n) is 6.05. The largest absolute Gasteiger partial charge is 0.495 e. The fourth-order valence-corrected chi connectivity index (χ4v) is 4.60. The predicted octanol–water partition coefficient (Wildman–Crippen LogP) is 6.04. The van der Waals surface area contributed by atoms with Gasteiger partial charge in [0.2, 0.25) is 0 Å². The molecule has 0 unspecified atom stereocenters. The lowest BCUT2D eigenvalue weighted by molar-refractivity contribution is 0.0203. The van der Waals surface area contributed by atoms with E-state index in [0.29, 0.717) is 59.3 Å². The molecular formula is C27H30ClFN4O4. The number of ether oxygens (including phenoxy) is 2.